The van der Waals surface area contributed by atoms with Crippen molar-refractivity contribution in [1.29, 1.82) is 0 Å². The third-order valence-electron chi connectivity index (χ3n) is 5.48. The molecule has 2 aromatic carbocycles. The highest BCUT2D eigenvalue weighted by Gasteiger charge is 2.27. The fourth-order valence-corrected chi connectivity index (χ4v) is 4.10. The highest BCUT2D eigenvalue weighted by molar-refractivity contribution is 6.33. The first kappa shape index (κ1) is 21.1. The lowest BCUT2D eigenvalue weighted by molar-refractivity contribution is -0.116. The number of nitrogens with zero attached hydrogens (tertiary/aromatic N) is 3. The number of benzene rings is 2. The van der Waals surface area contributed by atoms with Gasteiger partial charge in [0.15, 0.2) is 0 Å². The normalized spacial score (nSPS) is 13.2. The zero-order chi connectivity index (χ0) is 21.8. The second-order valence-electron chi connectivity index (χ2n) is 7.75. The smallest absolute Gasteiger partial charge is 0.274 e. The summed E-state index contributed by atoms with van der Waals surface area (Å²) in [5.41, 5.74) is 2.91. The fourth-order valence-electron chi connectivity index (χ4n) is 3.92. The highest BCUT2D eigenvalue weighted by Crippen LogP contribution is 2.28. The lowest BCUT2D eigenvalue weighted by atomic mass is 10.1. The van der Waals surface area contributed by atoms with Gasteiger partial charge in [0.2, 0.25) is 5.91 Å². The minimum Gasteiger partial charge on any atom is -0.331 e. The van der Waals surface area contributed by atoms with E-state index in [1.54, 1.807) is 31.3 Å². The molecule has 1 aliphatic rings. The van der Waals surface area contributed by atoms with Crippen LogP contribution < -0.4 is 5.32 Å². The van der Waals surface area contributed by atoms with E-state index < -0.39 is 0 Å². The molecule has 1 N–H and O–H groups in total. The van der Waals surface area contributed by atoms with E-state index in [1.165, 1.54) is 4.90 Å². The topological polar surface area (TPSA) is 67.2 Å². The summed E-state index contributed by atoms with van der Waals surface area (Å²) in [4.78, 5) is 31.9. The number of likely N-dealkylation sites (N-methyl/N-ethyl adjacent to an activating group) is 1. The molecule has 1 aliphatic heterocycles. The average molecular weight is 437 g/mol. The van der Waals surface area contributed by atoms with Gasteiger partial charge in [-0.1, -0.05) is 60.5 Å². The van der Waals surface area contributed by atoms with Crippen LogP contribution >= 0.6 is 11.6 Å². The molecule has 0 spiro atoms. The molecular formula is C24H25ClN4O2. The van der Waals surface area contributed by atoms with Crippen LogP contribution in [0.25, 0.3) is 11.4 Å². The van der Waals surface area contributed by atoms with Crippen molar-refractivity contribution in [3.8, 4) is 11.4 Å². The molecule has 0 saturated carbocycles. The first-order chi connectivity index (χ1) is 15.0. The lowest BCUT2D eigenvalue weighted by Crippen LogP contribution is -2.35. The molecule has 0 unspecified atom stereocenters. The van der Waals surface area contributed by atoms with E-state index >= 15 is 0 Å². The van der Waals surface area contributed by atoms with Crippen molar-refractivity contribution in [2.24, 2.45) is 0 Å². The van der Waals surface area contributed by atoms with Crippen LogP contribution in [0.15, 0.2) is 54.6 Å². The third kappa shape index (κ3) is 4.64. The molecule has 2 heterocycles. The van der Waals surface area contributed by atoms with E-state index in [0.29, 0.717) is 16.4 Å². The number of amides is 2. The molecule has 0 saturated heterocycles. The third-order valence-corrected chi connectivity index (χ3v) is 5.81. The standard InChI is InChI=1S/C24H25ClN4O2/c1-28(16-21(30)26-19-13-8-7-12-18(19)25)24(31)22-20-14-6-3-9-15-29(20)23(27-22)17-10-4-2-5-11-17/h2,4-5,7-8,10-13H,3,6,9,14-16H2,1H3,(H,26,30). The second kappa shape index (κ2) is 9.35. The monoisotopic (exact) mass is 436 g/mol. The van der Waals surface area contributed by atoms with E-state index in [1.807, 2.05) is 30.3 Å². The number of halogens is 1. The van der Waals surface area contributed by atoms with Gasteiger partial charge in [0, 0.05) is 19.2 Å². The number of carbonyl (C=O) groups is 2. The van der Waals surface area contributed by atoms with Gasteiger partial charge >= 0.3 is 0 Å². The average Bonchev–Trinajstić information content (AvgIpc) is 2.96. The maximum Gasteiger partial charge on any atom is 0.274 e. The van der Waals surface area contributed by atoms with E-state index in [0.717, 1.165) is 49.3 Å². The van der Waals surface area contributed by atoms with Crippen molar-refractivity contribution in [2.75, 3.05) is 18.9 Å². The first-order valence-electron chi connectivity index (χ1n) is 10.5. The number of fused-ring (bicyclic) bond motifs is 1. The number of hydrogen-bond donors (Lipinski definition) is 1. The Morgan fingerprint density at radius 2 is 1.81 bits per heavy atom. The molecule has 2 amide bonds. The predicted molar refractivity (Wildman–Crippen MR) is 122 cm³/mol. The SMILES string of the molecule is CN(CC(=O)Nc1ccccc1Cl)C(=O)c1nc(-c2ccccc2)n2c1CCCCC2. The molecule has 6 nitrogen and oxygen atoms in total. The molecule has 3 aromatic rings. The van der Waals surface area contributed by atoms with E-state index in [9.17, 15) is 9.59 Å². The summed E-state index contributed by atoms with van der Waals surface area (Å²) in [6.45, 7) is 0.758. The van der Waals surface area contributed by atoms with Crippen LogP contribution in [0.3, 0.4) is 0 Å². The molecule has 0 bridgehead atoms. The summed E-state index contributed by atoms with van der Waals surface area (Å²) in [7, 11) is 1.62. The van der Waals surface area contributed by atoms with Crippen molar-refractivity contribution in [3.63, 3.8) is 0 Å². The van der Waals surface area contributed by atoms with E-state index in [2.05, 4.69) is 9.88 Å². The molecule has 31 heavy (non-hydrogen) atoms. The number of aromatic nitrogens is 2. The maximum atomic E-state index is 13.3. The van der Waals surface area contributed by atoms with Crippen LogP contribution in [0.4, 0.5) is 5.69 Å². The van der Waals surface area contributed by atoms with Crippen LogP contribution in [0.1, 0.15) is 35.4 Å². The van der Waals surface area contributed by atoms with Crippen molar-refractivity contribution >= 4 is 29.1 Å². The van der Waals surface area contributed by atoms with Crippen LogP contribution in [-0.4, -0.2) is 39.9 Å². The minimum atomic E-state index is -0.308. The van der Waals surface area contributed by atoms with Gasteiger partial charge in [0.1, 0.15) is 11.5 Å². The van der Waals surface area contributed by atoms with E-state index in [-0.39, 0.29) is 18.4 Å². The van der Waals surface area contributed by atoms with Gasteiger partial charge in [-0.15, -0.1) is 0 Å². The Labute approximate surface area is 186 Å². The Morgan fingerprint density at radius 1 is 1.06 bits per heavy atom. The lowest BCUT2D eigenvalue weighted by Gasteiger charge is -2.17. The summed E-state index contributed by atoms with van der Waals surface area (Å²) >= 11 is 6.11. The molecule has 0 aliphatic carbocycles. The Morgan fingerprint density at radius 3 is 2.58 bits per heavy atom. The molecule has 0 radical (unpaired) electrons. The summed E-state index contributed by atoms with van der Waals surface area (Å²) in [6, 6.07) is 16.9. The molecular weight excluding hydrogens is 412 g/mol. The Bertz CT molecular complexity index is 1090. The number of hydrogen-bond acceptors (Lipinski definition) is 3. The van der Waals surface area contributed by atoms with Gasteiger partial charge in [0.05, 0.1) is 22.9 Å². The molecule has 4 rings (SSSR count). The summed E-state index contributed by atoms with van der Waals surface area (Å²) in [5, 5.41) is 3.22. The van der Waals surface area contributed by atoms with Crippen molar-refractivity contribution < 1.29 is 9.59 Å². The summed E-state index contributed by atoms with van der Waals surface area (Å²) < 4.78 is 2.17. The number of nitrogens with one attached hydrogen (secondary N) is 1. The predicted octanol–water partition coefficient (Wildman–Crippen LogP) is 4.64. The highest BCUT2D eigenvalue weighted by atomic mass is 35.5. The minimum absolute atomic E-state index is 0.0863. The van der Waals surface area contributed by atoms with Crippen LogP contribution in [0.5, 0.6) is 0 Å². The van der Waals surface area contributed by atoms with Gasteiger partial charge in [-0.3, -0.25) is 9.59 Å². The zero-order valence-corrected chi connectivity index (χ0v) is 18.2. The van der Waals surface area contributed by atoms with Gasteiger partial charge in [-0.2, -0.15) is 0 Å². The van der Waals surface area contributed by atoms with Gasteiger partial charge in [-0.25, -0.2) is 4.98 Å². The number of imidazole rings is 1. The van der Waals surface area contributed by atoms with Crippen molar-refractivity contribution in [1.82, 2.24) is 14.5 Å². The molecule has 0 fully saturated rings. The fraction of sp³-hybridized carbons (Fsp3) is 0.292. The molecule has 0 atom stereocenters. The zero-order valence-electron chi connectivity index (χ0n) is 17.5. The van der Waals surface area contributed by atoms with Gasteiger partial charge in [-0.05, 0) is 31.4 Å². The Balaban J connectivity index is 1.57. The Kier molecular flexibility index (Phi) is 6.37. The summed E-state index contributed by atoms with van der Waals surface area (Å²) in [6.07, 6.45) is 4.02. The van der Waals surface area contributed by atoms with Crippen LogP contribution in [0.2, 0.25) is 5.02 Å². The number of rotatable bonds is 5. The molecule has 160 valence electrons. The van der Waals surface area contributed by atoms with Crippen molar-refractivity contribution in [2.45, 2.75) is 32.2 Å². The maximum absolute atomic E-state index is 13.3. The van der Waals surface area contributed by atoms with Crippen LogP contribution in [0, 0.1) is 0 Å². The van der Waals surface area contributed by atoms with Gasteiger partial charge < -0.3 is 14.8 Å². The Hall–Kier alpha value is -3.12. The molecule has 7 heteroatoms. The molecule has 1 aromatic heterocycles. The quantitative estimate of drug-likeness (QED) is 0.633. The second-order valence-corrected chi connectivity index (χ2v) is 8.16. The largest absolute Gasteiger partial charge is 0.331 e. The number of carbonyl (C=O) groups excluding carboxylic acids is 2. The van der Waals surface area contributed by atoms with Gasteiger partial charge in [0.25, 0.3) is 5.91 Å². The van der Waals surface area contributed by atoms with Crippen LogP contribution in [-0.2, 0) is 17.8 Å². The van der Waals surface area contributed by atoms with E-state index in [4.69, 9.17) is 16.6 Å². The number of anilines is 1. The van der Waals surface area contributed by atoms with Crippen molar-refractivity contribution in [3.05, 3.63) is 71.0 Å². The number of para-hydroxylation sites is 1. The first-order valence-corrected chi connectivity index (χ1v) is 10.9. The summed E-state index contributed by atoms with van der Waals surface area (Å²) in [5.74, 6) is 0.259.